The summed E-state index contributed by atoms with van der Waals surface area (Å²) >= 11 is 0. The van der Waals surface area contributed by atoms with Crippen LogP contribution in [0.1, 0.15) is 48.4 Å². The normalized spacial score (nSPS) is 18.4. The Kier molecular flexibility index (Phi) is 9.57. The number of ether oxygens (including phenoxy) is 4. The molecular formula is C34H34F2N2O6. The Labute approximate surface area is 254 Å². The van der Waals surface area contributed by atoms with Crippen LogP contribution in [0.25, 0.3) is 6.08 Å². The molecule has 1 aliphatic carbocycles. The smallest absolute Gasteiger partial charge is 0.306 e. The van der Waals surface area contributed by atoms with Gasteiger partial charge in [0.15, 0.2) is 18.1 Å². The van der Waals surface area contributed by atoms with E-state index in [1.807, 2.05) is 6.08 Å². The molecule has 0 N–H and O–H groups in total. The first-order valence-corrected chi connectivity index (χ1v) is 14.4. The molecule has 230 valence electrons. The van der Waals surface area contributed by atoms with Gasteiger partial charge in [-0.3, -0.25) is 9.59 Å². The number of hydrazone groups is 1. The fourth-order valence-electron chi connectivity index (χ4n) is 5.77. The largest absolute Gasteiger partial charge is 0.493 e. The van der Waals surface area contributed by atoms with Crippen LogP contribution in [0.15, 0.2) is 71.3 Å². The minimum Gasteiger partial charge on any atom is -0.493 e. The Hall–Kier alpha value is -4.73. The maximum absolute atomic E-state index is 13.8. The molecule has 3 aromatic rings. The molecule has 1 saturated carbocycles. The number of benzene rings is 3. The summed E-state index contributed by atoms with van der Waals surface area (Å²) in [5.74, 6) is -0.466. The first-order chi connectivity index (χ1) is 21.3. The van der Waals surface area contributed by atoms with E-state index in [0.717, 1.165) is 47.2 Å². The number of amides is 1. The summed E-state index contributed by atoms with van der Waals surface area (Å²) < 4.78 is 48.8. The van der Waals surface area contributed by atoms with Crippen LogP contribution in [0.2, 0.25) is 0 Å². The van der Waals surface area contributed by atoms with E-state index in [-0.39, 0.29) is 24.0 Å². The number of esters is 1. The van der Waals surface area contributed by atoms with Gasteiger partial charge in [-0.2, -0.15) is 5.10 Å². The van der Waals surface area contributed by atoms with Crippen LogP contribution in [-0.2, 0) is 20.7 Å². The summed E-state index contributed by atoms with van der Waals surface area (Å²) in [7, 11) is 4.54. The van der Waals surface area contributed by atoms with Gasteiger partial charge in [0.05, 0.1) is 33.1 Å². The standard InChI is InChI=1S/C34H34F2N2O6/c1-41-28-18-22(19-29(42-2)34(28)43-3)9-16-31(40)44-20-30(39)38-33(23-10-14-26(36)15-11-23)27-6-4-5-24(32(27)37-38)17-21-7-12-25(35)13-8-21/h7-8,10-15,17-19,27,33H,4-6,9,16,20H2,1-3H3. The van der Waals surface area contributed by atoms with Gasteiger partial charge in [0.1, 0.15) is 11.6 Å². The first kappa shape index (κ1) is 30.7. The van der Waals surface area contributed by atoms with Crippen molar-refractivity contribution in [3.05, 3.63) is 94.6 Å². The van der Waals surface area contributed by atoms with Crippen LogP contribution >= 0.6 is 0 Å². The lowest BCUT2D eigenvalue weighted by atomic mass is 9.77. The molecule has 3 aromatic carbocycles. The number of methoxy groups -OCH3 is 3. The number of hydrogen-bond donors (Lipinski definition) is 0. The van der Waals surface area contributed by atoms with Crippen molar-refractivity contribution in [1.29, 1.82) is 0 Å². The number of fused-ring (bicyclic) bond motifs is 1. The molecule has 10 heteroatoms. The number of hydrogen-bond acceptors (Lipinski definition) is 7. The van der Waals surface area contributed by atoms with Crippen LogP contribution in [0, 0.1) is 17.6 Å². The minimum atomic E-state index is -0.549. The molecule has 0 aromatic heterocycles. The Morgan fingerprint density at radius 2 is 1.57 bits per heavy atom. The quantitative estimate of drug-likeness (QED) is 0.253. The fraction of sp³-hybridized carbons (Fsp3) is 0.324. The average Bonchev–Trinajstić information content (AvgIpc) is 3.44. The third-order valence-corrected chi connectivity index (χ3v) is 7.88. The van der Waals surface area contributed by atoms with E-state index in [2.05, 4.69) is 0 Å². The molecule has 1 aliphatic heterocycles. The zero-order valence-corrected chi connectivity index (χ0v) is 24.8. The summed E-state index contributed by atoms with van der Waals surface area (Å²) in [5, 5.41) is 6.11. The van der Waals surface area contributed by atoms with Crippen molar-refractivity contribution in [2.24, 2.45) is 11.0 Å². The van der Waals surface area contributed by atoms with Crippen molar-refractivity contribution >= 4 is 23.7 Å². The Morgan fingerprint density at radius 3 is 2.18 bits per heavy atom. The molecule has 0 radical (unpaired) electrons. The van der Waals surface area contributed by atoms with Crippen LogP contribution in [0.5, 0.6) is 17.2 Å². The highest BCUT2D eigenvalue weighted by atomic mass is 19.1. The minimum absolute atomic E-state index is 0.0228. The fourth-order valence-corrected chi connectivity index (χ4v) is 5.77. The molecule has 2 atom stereocenters. The number of allylic oxidation sites excluding steroid dienone is 1. The summed E-state index contributed by atoms with van der Waals surface area (Å²) in [6, 6.07) is 15.2. The van der Waals surface area contributed by atoms with Crippen molar-refractivity contribution < 1.29 is 37.3 Å². The summed E-state index contributed by atoms with van der Waals surface area (Å²) in [5.41, 5.74) is 4.05. The molecule has 8 nitrogen and oxygen atoms in total. The van der Waals surface area contributed by atoms with Crippen molar-refractivity contribution in [2.75, 3.05) is 27.9 Å². The van der Waals surface area contributed by atoms with Crippen LogP contribution in [0.3, 0.4) is 0 Å². The molecule has 1 amide bonds. The maximum Gasteiger partial charge on any atom is 0.306 e. The van der Waals surface area contributed by atoms with Gasteiger partial charge < -0.3 is 18.9 Å². The number of aryl methyl sites for hydroxylation is 1. The molecule has 1 fully saturated rings. The van der Waals surface area contributed by atoms with E-state index in [0.29, 0.717) is 23.7 Å². The molecule has 0 bridgehead atoms. The molecule has 44 heavy (non-hydrogen) atoms. The molecule has 2 unspecified atom stereocenters. The highest BCUT2D eigenvalue weighted by molar-refractivity contribution is 6.08. The zero-order chi connectivity index (χ0) is 31.2. The lowest BCUT2D eigenvalue weighted by Gasteiger charge is -2.29. The molecule has 1 heterocycles. The van der Waals surface area contributed by atoms with Crippen molar-refractivity contribution in [3.8, 4) is 17.2 Å². The third-order valence-electron chi connectivity index (χ3n) is 7.88. The SMILES string of the molecule is COc1cc(CCC(=O)OCC(=O)N2N=C3C(=Cc4ccc(F)cc4)CCCC3C2c2ccc(F)cc2)cc(OC)c1OC. The summed E-state index contributed by atoms with van der Waals surface area (Å²) in [4.78, 5) is 26.2. The number of halogens is 2. The Balaban J connectivity index is 1.31. The van der Waals surface area contributed by atoms with Gasteiger partial charge in [-0.15, -0.1) is 0 Å². The first-order valence-electron chi connectivity index (χ1n) is 14.4. The lowest BCUT2D eigenvalue weighted by Crippen LogP contribution is -2.34. The van der Waals surface area contributed by atoms with Gasteiger partial charge in [0, 0.05) is 12.3 Å². The Bertz CT molecular complexity index is 1540. The van der Waals surface area contributed by atoms with E-state index in [1.54, 1.807) is 36.4 Å². The number of carbonyl (C=O) groups is 2. The van der Waals surface area contributed by atoms with E-state index in [4.69, 9.17) is 24.0 Å². The van der Waals surface area contributed by atoms with Gasteiger partial charge in [0.2, 0.25) is 5.75 Å². The van der Waals surface area contributed by atoms with Gasteiger partial charge in [-0.25, -0.2) is 13.8 Å². The zero-order valence-electron chi connectivity index (χ0n) is 24.8. The van der Waals surface area contributed by atoms with E-state index in [1.165, 1.54) is 50.6 Å². The highest BCUT2D eigenvalue weighted by Gasteiger charge is 2.43. The predicted octanol–water partition coefficient (Wildman–Crippen LogP) is 6.29. The second kappa shape index (κ2) is 13.7. The van der Waals surface area contributed by atoms with Gasteiger partial charge in [-0.1, -0.05) is 24.3 Å². The average molecular weight is 605 g/mol. The van der Waals surface area contributed by atoms with Gasteiger partial charge in [-0.05, 0) is 90.4 Å². The molecule has 0 saturated heterocycles. The van der Waals surface area contributed by atoms with Crippen LogP contribution in [0.4, 0.5) is 8.78 Å². The molecule has 0 spiro atoms. The second-order valence-corrected chi connectivity index (χ2v) is 10.6. The summed E-state index contributed by atoms with van der Waals surface area (Å²) in [6.45, 7) is -0.494. The predicted molar refractivity (Wildman–Crippen MR) is 161 cm³/mol. The van der Waals surface area contributed by atoms with E-state index < -0.39 is 24.5 Å². The Morgan fingerprint density at radius 1 is 0.932 bits per heavy atom. The number of carbonyl (C=O) groups excluding carboxylic acids is 2. The number of nitrogens with zero attached hydrogens (tertiary/aromatic N) is 2. The van der Waals surface area contributed by atoms with Crippen molar-refractivity contribution in [3.63, 3.8) is 0 Å². The number of rotatable bonds is 10. The van der Waals surface area contributed by atoms with Crippen molar-refractivity contribution in [2.45, 2.75) is 38.1 Å². The molecular weight excluding hydrogens is 570 g/mol. The van der Waals surface area contributed by atoms with Gasteiger partial charge >= 0.3 is 5.97 Å². The topological polar surface area (TPSA) is 86.7 Å². The maximum atomic E-state index is 13.8. The van der Waals surface area contributed by atoms with Crippen molar-refractivity contribution in [1.82, 2.24) is 5.01 Å². The van der Waals surface area contributed by atoms with Gasteiger partial charge in [0.25, 0.3) is 5.91 Å². The van der Waals surface area contributed by atoms with Crippen LogP contribution < -0.4 is 14.2 Å². The molecule has 5 rings (SSSR count). The highest BCUT2D eigenvalue weighted by Crippen LogP contribution is 2.44. The van der Waals surface area contributed by atoms with Crippen LogP contribution in [-0.4, -0.2) is 50.5 Å². The third kappa shape index (κ3) is 6.74. The summed E-state index contributed by atoms with van der Waals surface area (Å²) in [6.07, 6.45) is 4.71. The lowest BCUT2D eigenvalue weighted by molar-refractivity contribution is -0.153. The van der Waals surface area contributed by atoms with E-state index in [9.17, 15) is 18.4 Å². The monoisotopic (exact) mass is 604 g/mol. The van der Waals surface area contributed by atoms with E-state index >= 15 is 0 Å². The molecule has 2 aliphatic rings. The second-order valence-electron chi connectivity index (χ2n) is 10.6.